The van der Waals surface area contributed by atoms with Crippen LogP contribution in [0.1, 0.15) is 5.69 Å². The van der Waals surface area contributed by atoms with Crippen LogP contribution in [0.2, 0.25) is 0 Å². The third kappa shape index (κ3) is 2.69. The van der Waals surface area contributed by atoms with Gasteiger partial charge in [-0.15, -0.1) is 11.6 Å². The molecule has 2 aromatic carbocycles. The molecule has 2 nitrogen and oxygen atoms in total. The number of alkyl halides is 1. The zero-order chi connectivity index (χ0) is 14.8. The standard InChI is InChI=1S/C17H14ClFN2/c1-21(15-8-6-13(19)7-9-15)17-16-5-3-2-4-12(16)10-14(11-18)20-17/h2-10H,11H2,1H3. The van der Waals surface area contributed by atoms with E-state index in [1.807, 2.05) is 42.3 Å². The maximum absolute atomic E-state index is 13.1. The lowest BCUT2D eigenvalue weighted by molar-refractivity contribution is 0.628. The lowest BCUT2D eigenvalue weighted by atomic mass is 10.1. The summed E-state index contributed by atoms with van der Waals surface area (Å²) >= 11 is 5.94. The van der Waals surface area contributed by atoms with E-state index in [9.17, 15) is 4.39 Å². The molecule has 0 saturated heterocycles. The van der Waals surface area contributed by atoms with Crippen molar-refractivity contribution in [2.45, 2.75) is 5.88 Å². The highest BCUT2D eigenvalue weighted by atomic mass is 35.5. The minimum Gasteiger partial charge on any atom is -0.329 e. The summed E-state index contributed by atoms with van der Waals surface area (Å²) < 4.78 is 13.1. The molecule has 0 amide bonds. The van der Waals surface area contributed by atoms with Crippen LogP contribution in [0.25, 0.3) is 10.8 Å². The van der Waals surface area contributed by atoms with Crippen LogP contribution < -0.4 is 4.90 Å². The lowest BCUT2D eigenvalue weighted by Crippen LogP contribution is -2.12. The third-order valence-electron chi connectivity index (χ3n) is 3.44. The van der Waals surface area contributed by atoms with E-state index < -0.39 is 0 Å². The highest BCUT2D eigenvalue weighted by Crippen LogP contribution is 2.30. The van der Waals surface area contributed by atoms with Crippen LogP contribution in [0.5, 0.6) is 0 Å². The molecule has 0 radical (unpaired) electrons. The van der Waals surface area contributed by atoms with Crippen molar-refractivity contribution in [3.8, 4) is 0 Å². The van der Waals surface area contributed by atoms with E-state index in [-0.39, 0.29) is 5.82 Å². The molecule has 0 aliphatic rings. The van der Waals surface area contributed by atoms with Crippen molar-refractivity contribution >= 4 is 33.9 Å². The average molecular weight is 301 g/mol. The predicted molar refractivity (Wildman–Crippen MR) is 85.8 cm³/mol. The highest BCUT2D eigenvalue weighted by molar-refractivity contribution is 6.17. The van der Waals surface area contributed by atoms with Crippen molar-refractivity contribution in [2.75, 3.05) is 11.9 Å². The summed E-state index contributed by atoms with van der Waals surface area (Å²) in [5.41, 5.74) is 1.69. The van der Waals surface area contributed by atoms with Gasteiger partial charge in [-0.25, -0.2) is 9.37 Å². The van der Waals surface area contributed by atoms with Gasteiger partial charge in [0, 0.05) is 18.1 Å². The fourth-order valence-corrected chi connectivity index (χ4v) is 2.48. The van der Waals surface area contributed by atoms with Crippen molar-refractivity contribution in [3.63, 3.8) is 0 Å². The zero-order valence-electron chi connectivity index (χ0n) is 11.6. The van der Waals surface area contributed by atoms with Gasteiger partial charge >= 0.3 is 0 Å². The first-order valence-corrected chi connectivity index (χ1v) is 7.16. The summed E-state index contributed by atoms with van der Waals surface area (Å²) in [5.74, 6) is 0.921. The van der Waals surface area contributed by atoms with Crippen LogP contribution in [0.3, 0.4) is 0 Å². The lowest BCUT2D eigenvalue weighted by Gasteiger charge is -2.21. The first-order valence-electron chi connectivity index (χ1n) is 6.63. The number of hydrogen-bond acceptors (Lipinski definition) is 2. The van der Waals surface area contributed by atoms with E-state index in [4.69, 9.17) is 11.6 Å². The molecule has 0 aliphatic heterocycles. The Morgan fingerprint density at radius 3 is 2.52 bits per heavy atom. The molecule has 1 aromatic heterocycles. The molecule has 0 N–H and O–H groups in total. The first-order chi connectivity index (χ1) is 10.2. The molecule has 0 saturated carbocycles. The van der Waals surface area contributed by atoms with Gasteiger partial charge in [-0.1, -0.05) is 24.3 Å². The van der Waals surface area contributed by atoms with E-state index in [2.05, 4.69) is 4.98 Å². The molecular formula is C17H14ClFN2. The van der Waals surface area contributed by atoms with Crippen molar-refractivity contribution in [1.29, 1.82) is 0 Å². The van der Waals surface area contributed by atoms with Crippen LogP contribution in [0.15, 0.2) is 54.6 Å². The number of halogens is 2. The molecule has 0 fully saturated rings. The summed E-state index contributed by atoms with van der Waals surface area (Å²) in [7, 11) is 1.92. The van der Waals surface area contributed by atoms with Gasteiger partial charge in [-0.2, -0.15) is 0 Å². The van der Waals surface area contributed by atoms with Gasteiger partial charge in [0.1, 0.15) is 11.6 Å². The Morgan fingerprint density at radius 1 is 1.10 bits per heavy atom. The topological polar surface area (TPSA) is 16.1 Å². The third-order valence-corrected chi connectivity index (χ3v) is 3.72. The van der Waals surface area contributed by atoms with Gasteiger partial charge in [-0.05, 0) is 35.7 Å². The first kappa shape index (κ1) is 13.8. The van der Waals surface area contributed by atoms with Crippen LogP contribution in [0, 0.1) is 5.82 Å². The van der Waals surface area contributed by atoms with Gasteiger partial charge in [0.2, 0.25) is 0 Å². The molecule has 21 heavy (non-hydrogen) atoms. The van der Waals surface area contributed by atoms with Crippen molar-refractivity contribution in [2.24, 2.45) is 0 Å². The number of hydrogen-bond donors (Lipinski definition) is 0. The second kappa shape index (κ2) is 5.70. The average Bonchev–Trinajstić information content (AvgIpc) is 2.53. The van der Waals surface area contributed by atoms with E-state index in [0.29, 0.717) is 5.88 Å². The molecule has 4 heteroatoms. The maximum Gasteiger partial charge on any atom is 0.140 e. The van der Waals surface area contributed by atoms with Gasteiger partial charge in [0.25, 0.3) is 0 Å². The Kier molecular flexibility index (Phi) is 3.76. The van der Waals surface area contributed by atoms with Crippen LogP contribution in [-0.2, 0) is 5.88 Å². The molecular weight excluding hydrogens is 287 g/mol. The summed E-state index contributed by atoms with van der Waals surface area (Å²) in [5, 5.41) is 2.13. The Balaban J connectivity index is 2.16. The summed E-state index contributed by atoms with van der Waals surface area (Å²) in [6, 6.07) is 16.4. The minimum absolute atomic E-state index is 0.250. The largest absolute Gasteiger partial charge is 0.329 e. The monoisotopic (exact) mass is 300 g/mol. The number of anilines is 2. The molecule has 0 atom stereocenters. The normalized spacial score (nSPS) is 10.8. The van der Waals surface area contributed by atoms with Gasteiger partial charge in [-0.3, -0.25) is 0 Å². The van der Waals surface area contributed by atoms with Gasteiger partial charge < -0.3 is 4.90 Å². The number of rotatable bonds is 3. The molecule has 3 rings (SSSR count). The maximum atomic E-state index is 13.1. The second-order valence-corrected chi connectivity index (χ2v) is 5.09. The number of pyridine rings is 1. The SMILES string of the molecule is CN(c1ccc(F)cc1)c1nc(CCl)cc2ccccc12. The van der Waals surface area contributed by atoms with E-state index in [1.54, 1.807) is 12.1 Å². The van der Waals surface area contributed by atoms with Gasteiger partial charge in [0.15, 0.2) is 0 Å². The Bertz CT molecular complexity index is 771. The van der Waals surface area contributed by atoms with Crippen LogP contribution >= 0.6 is 11.6 Å². The summed E-state index contributed by atoms with van der Waals surface area (Å²) in [4.78, 5) is 6.56. The quantitative estimate of drug-likeness (QED) is 0.641. The number of benzene rings is 2. The second-order valence-electron chi connectivity index (χ2n) is 4.83. The smallest absolute Gasteiger partial charge is 0.140 e. The molecule has 0 bridgehead atoms. The number of nitrogens with zero attached hydrogens (tertiary/aromatic N) is 2. The molecule has 3 aromatic rings. The van der Waals surface area contributed by atoms with E-state index >= 15 is 0 Å². The number of aromatic nitrogens is 1. The Labute approximate surface area is 127 Å². The minimum atomic E-state index is -0.250. The molecule has 0 unspecified atom stereocenters. The Morgan fingerprint density at radius 2 is 1.81 bits per heavy atom. The molecule has 0 aliphatic carbocycles. The number of fused-ring (bicyclic) bond motifs is 1. The fraction of sp³-hybridized carbons (Fsp3) is 0.118. The summed E-state index contributed by atoms with van der Waals surface area (Å²) in [6.07, 6.45) is 0. The zero-order valence-corrected chi connectivity index (χ0v) is 12.3. The van der Waals surface area contributed by atoms with Crippen LogP contribution in [-0.4, -0.2) is 12.0 Å². The molecule has 1 heterocycles. The van der Waals surface area contributed by atoms with Crippen molar-refractivity contribution in [3.05, 3.63) is 66.1 Å². The van der Waals surface area contributed by atoms with Gasteiger partial charge in [0.05, 0.1) is 11.6 Å². The van der Waals surface area contributed by atoms with Crippen molar-refractivity contribution < 1.29 is 4.39 Å². The highest BCUT2D eigenvalue weighted by Gasteiger charge is 2.11. The molecule has 106 valence electrons. The summed E-state index contributed by atoms with van der Waals surface area (Å²) in [6.45, 7) is 0. The molecule has 0 spiro atoms. The van der Waals surface area contributed by atoms with Crippen LogP contribution in [0.4, 0.5) is 15.9 Å². The van der Waals surface area contributed by atoms with E-state index in [0.717, 1.165) is 28.0 Å². The van der Waals surface area contributed by atoms with E-state index in [1.165, 1.54) is 12.1 Å². The Hall–Kier alpha value is -2.13. The fourth-order valence-electron chi connectivity index (χ4n) is 2.35. The predicted octanol–water partition coefficient (Wildman–Crippen LogP) is 4.88. The van der Waals surface area contributed by atoms with Crippen molar-refractivity contribution in [1.82, 2.24) is 4.98 Å².